The highest BCUT2D eigenvalue weighted by Gasteiger charge is 2.30. The Balaban J connectivity index is 1.99. The van der Waals surface area contributed by atoms with Crippen LogP contribution < -0.4 is 27.4 Å². The monoisotopic (exact) mass is 601 g/mol. The Morgan fingerprint density at radius 3 is 2.39 bits per heavy atom. The van der Waals surface area contributed by atoms with Gasteiger partial charge in [0.15, 0.2) is 5.96 Å². The molecule has 0 radical (unpaired) electrons. The van der Waals surface area contributed by atoms with Gasteiger partial charge in [-0.05, 0) is 37.1 Å². The van der Waals surface area contributed by atoms with Gasteiger partial charge < -0.3 is 37.4 Å². The van der Waals surface area contributed by atoms with Crippen molar-refractivity contribution in [3.63, 3.8) is 0 Å². The molecule has 0 unspecified atom stereocenters. The van der Waals surface area contributed by atoms with Gasteiger partial charge in [0.1, 0.15) is 12.1 Å². The van der Waals surface area contributed by atoms with E-state index in [9.17, 15) is 29.1 Å². The summed E-state index contributed by atoms with van der Waals surface area (Å²) >= 11 is 0. The van der Waals surface area contributed by atoms with Crippen molar-refractivity contribution >= 4 is 62.8 Å². The van der Waals surface area contributed by atoms with Crippen LogP contribution in [0.15, 0.2) is 63.3 Å². The zero-order chi connectivity index (χ0) is 29.9. The van der Waals surface area contributed by atoms with E-state index in [-0.39, 0.29) is 18.9 Å². The van der Waals surface area contributed by atoms with Crippen molar-refractivity contribution in [3.8, 4) is 0 Å². The summed E-state index contributed by atoms with van der Waals surface area (Å²) in [6.07, 6.45) is -0.120. The summed E-state index contributed by atoms with van der Waals surface area (Å²) < 4.78 is 0. The maximum absolute atomic E-state index is 13.6. The highest BCUT2D eigenvalue weighted by atomic mass is 33.1. The lowest BCUT2D eigenvalue weighted by molar-refractivity contribution is -0.140. The number of aliphatic carboxylic acids is 1. The van der Waals surface area contributed by atoms with Gasteiger partial charge in [0, 0.05) is 23.4 Å². The maximum Gasteiger partial charge on any atom is 0.305 e. The highest BCUT2D eigenvalue weighted by molar-refractivity contribution is 8.76. The molecule has 218 valence electrons. The van der Waals surface area contributed by atoms with E-state index in [1.807, 2.05) is 0 Å². The molecule has 3 rings (SSSR count). The molecule has 2 atom stereocenters. The van der Waals surface area contributed by atoms with Crippen LogP contribution in [0, 0.1) is 0 Å². The predicted octanol–water partition coefficient (Wildman–Crippen LogP) is 1.01. The van der Waals surface area contributed by atoms with Crippen molar-refractivity contribution in [1.29, 1.82) is 0 Å². The molecule has 13 nitrogen and oxygen atoms in total. The molecule has 0 saturated heterocycles. The van der Waals surface area contributed by atoms with Crippen molar-refractivity contribution in [1.82, 2.24) is 15.5 Å². The molecule has 15 heteroatoms. The van der Waals surface area contributed by atoms with E-state index in [2.05, 4.69) is 20.9 Å². The van der Waals surface area contributed by atoms with Crippen LogP contribution >= 0.6 is 21.6 Å². The number of fused-ring (bicyclic) bond motifs is 2. The van der Waals surface area contributed by atoms with E-state index < -0.39 is 54.6 Å². The normalized spacial score (nSPS) is 18.6. The van der Waals surface area contributed by atoms with Gasteiger partial charge in [-0.25, -0.2) is 0 Å². The molecule has 41 heavy (non-hydrogen) atoms. The molecule has 8 N–H and O–H groups in total. The number of hydrogen-bond donors (Lipinski definition) is 6. The number of likely N-dealkylation sites (N-methyl/N-ethyl adjacent to an activating group) is 1. The van der Waals surface area contributed by atoms with E-state index in [0.717, 1.165) is 0 Å². The van der Waals surface area contributed by atoms with Gasteiger partial charge in [0.25, 0.3) is 5.91 Å². The maximum atomic E-state index is 13.6. The van der Waals surface area contributed by atoms with Gasteiger partial charge >= 0.3 is 5.97 Å². The first-order valence-corrected chi connectivity index (χ1v) is 14.7. The minimum absolute atomic E-state index is 0.102. The smallest absolute Gasteiger partial charge is 0.305 e. The van der Waals surface area contributed by atoms with E-state index in [0.29, 0.717) is 27.5 Å². The van der Waals surface area contributed by atoms with Crippen molar-refractivity contribution in [2.24, 2.45) is 16.5 Å². The molecular formula is C26H31N7O6S2. The molecule has 4 amide bonds. The number of carboxylic acids is 1. The quantitative estimate of drug-likeness (QED) is 0.120. The number of hydrogen-bond acceptors (Lipinski definition) is 8. The fourth-order valence-electron chi connectivity index (χ4n) is 3.91. The lowest BCUT2D eigenvalue weighted by atomic mass is 10.1. The zero-order valence-corrected chi connectivity index (χ0v) is 23.8. The Labute approximate surface area is 244 Å². The van der Waals surface area contributed by atoms with Gasteiger partial charge in [-0.15, -0.1) is 0 Å². The summed E-state index contributed by atoms with van der Waals surface area (Å²) in [7, 11) is 4.06. The number of para-hydroxylation sites is 1. The van der Waals surface area contributed by atoms with Crippen molar-refractivity contribution in [3.05, 3.63) is 54.1 Å². The number of nitrogens with one attached hydrogen (secondary N) is 3. The first kappa shape index (κ1) is 31.3. The molecule has 1 aliphatic rings. The lowest BCUT2D eigenvalue weighted by Gasteiger charge is -2.28. The van der Waals surface area contributed by atoms with Gasteiger partial charge in [-0.3, -0.25) is 29.0 Å². The van der Waals surface area contributed by atoms with Crippen molar-refractivity contribution in [2.75, 3.05) is 25.5 Å². The molecule has 0 saturated carbocycles. The highest BCUT2D eigenvalue weighted by Crippen LogP contribution is 2.42. The van der Waals surface area contributed by atoms with E-state index in [4.69, 9.17) is 11.5 Å². The molecule has 2 aromatic carbocycles. The molecule has 0 aliphatic carbocycles. The summed E-state index contributed by atoms with van der Waals surface area (Å²) in [5.41, 5.74) is 11.5. The SMILES string of the molecule is CN1C(=O)c2ccccc2SSc2ccccc2NC(=O)[C@H](CC(=O)O)NC(=O)CNC(=O)[C@@H]1CCCN=C(N)N. The first-order chi connectivity index (χ1) is 19.6. The van der Waals surface area contributed by atoms with Crippen LogP contribution in [0.3, 0.4) is 0 Å². The molecule has 0 fully saturated rings. The number of rotatable bonds is 6. The van der Waals surface area contributed by atoms with Crippen LogP contribution in [0.2, 0.25) is 0 Å². The minimum Gasteiger partial charge on any atom is -0.481 e. The summed E-state index contributed by atoms with van der Waals surface area (Å²) in [6.45, 7) is -0.323. The van der Waals surface area contributed by atoms with E-state index >= 15 is 0 Å². The van der Waals surface area contributed by atoms with Gasteiger partial charge in [-0.1, -0.05) is 45.9 Å². The van der Waals surface area contributed by atoms with Crippen LogP contribution in [0.5, 0.6) is 0 Å². The number of carbonyl (C=O) groups excluding carboxylic acids is 4. The largest absolute Gasteiger partial charge is 0.481 e. The van der Waals surface area contributed by atoms with Crippen molar-refractivity contribution in [2.45, 2.75) is 41.1 Å². The first-order valence-electron chi connectivity index (χ1n) is 12.5. The number of aliphatic imine (C=N–C) groups is 1. The second-order valence-electron chi connectivity index (χ2n) is 8.96. The zero-order valence-electron chi connectivity index (χ0n) is 22.2. The Morgan fingerprint density at radius 1 is 1.02 bits per heavy atom. The van der Waals surface area contributed by atoms with Crippen LogP contribution in [-0.2, 0) is 19.2 Å². The third-order valence-corrected chi connectivity index (χ3v) is 8.44. The van der Waals surface area contributed by atoms with Crippen LogP contribution in [-0.4, -0.2) is 77.8 Å². The minimum atomic E-state index is -1.40. The fraction of sp³-hybridized carbons (Fsp3) is 0.308. The summed E-state index contributed by atoms with van der Waals surface area (Å²) in [4.78, 5) is 70.5. The molecule has 0 aromatic heterocycles. The molecule has 0 spiro atoms. The number of nitrogens with zero attached hydrogens (tertiary/aromatic N) is 2. The number of nitrogens with two attached hydrogens (primary N) is 2. The predicted molar refractivity (Wildman–Crippen MR) is 156 cm³/mol. The van der Waals surface area contributed by atoms with Gasteiger partial charge in [-0.2, -0.15) is 0 Å². The number of guanidine groups is 1. The van der Waals surface area contributed by atoms with Crippen LogP contribution in [0.1, 0.15) is 29.6 Å². The molecule has 1 aliphatic heterocycles. The van der Waals surface area contributed by atoms with Gasteiger partial charge in [0.2, 0.25) is 17.7 Å². The van der Waals surface area contributed by atoms with Crippen LogP contribution in [0.25, 0.3) is 0 Å². The summed E-state index contributed by atoms with van der Waals surface area (Å²) in [5.74, 6) is -3.93. The Hall–Kier alpha value is -4.24. The number of carbonyl (C=O) groups is 5. The average molecular weight is 602 g/mol. The topological polar surface area (TPSA) is 209 Å². The number of anilines is 1. The number of carboxylic acid groups (broad SMARTS) is 1. The third kappa shape index (κ3) is 9.14. The van der Waals surface area contributed by atoms with E-state index in [1.54, 1.807) is 48.5 Å². The molecule has 1 heterocycles. The Kier molecular flexibility index (Phi) is 11.4. The Bertz CT molecular complexity index is 1330. The van der Waals surface area contributed by atoms with E-state index in [1.165, 1.54) is 33.5 Å². The van der Waals surface area contributed by atoms with Crippen LogP contribution in [0.4, 0.5) is 5.69 Å². The van der Waals surface area contributed by atoms with Gasteiger partial charge in [0.05, 0.1) is 24.2 Å². The molecule has 2 aromatic rings. The fourth-order valence-corrected chi connectivity index (χ4v) is 6.22. The Morgan fingerprint density at radius 2 is 1.68 bits per heavy atom. The second-order valence-corrected chi connectivity index (χ2v) is 11.2. The third-order valence-electron chi connectivity index (χ3n) is 5.96. The standard InChI is InChI=1S/C26H31N7O6S2/c1-33-18(9-6-12-29-26(27)28)24(38)30-14-21(34)31-17(13-22(35)36)23(37)32-16-8-3-5-11-20(16)41-40-19-10-4-2-7-15(19)25(33)39/h2-5,7-8,10-11,17-18H,6,9,12-14H2,1H3,(H,30,38)(H,31,34)(H,32,37)(H,35,36)(H4,27,28,29)/t17-,18-/m0/s1. The second kappa shape index (κ2) is 14.9. The number of amides is 4. The average Bonchev–Trinajstić information content (AvgIpc) is 2.93. The molecule has 0 bridgehead atoms. The number of benzene rings is 2. The van der Waals surface area contributed by atoms with Crippen molar-refractivity contribution < 1.29 is 29.1 Å². The summed E-state index contributed by atoms with van der Waals surface area (Å²) in [5, 5.41) is 16.9. The molecular weight excluding hydrogens is 570 g/mol. The summed E-state index contributed by atoms with van der Waals surface area (Å²) in [6, 6.07) is 11.4. The lowest BCUT2D eigenvalue weighted by Crippen LogP contribution is -2.52.